The molecule has 6 nitrogen and oxygen atoms in total. The first-order chi connectivity index (χ1) is 8.47. The molecule has 1 saturated heterocycles. The van der Waals surface area contributed by atoms with E-state index >= 15 is 0 Å². The molecule has 1 N–H and O–H groups in total. The molecule has 0 unspecified atom stereocenters. The van der Waals surface area contributed by atoms with Gasteiger partial charge in [-0.3, -0.25) is 9.78 Å². The molecule has 0 aliphatic carbocycles. The number of carbonyl (C=O) groups is 1. The quantitative estimate of drug-likeness (QED) is 0.806. The average Bonchev–Trinajstić information content (AvgIpc) is 2.24. The molecule has 7 heteroatoms. The molecule has 2 rings (SSSR count). The fourth-order valence-corrected chi connectivity index (χ4v) is 2.61. The van der Waals surface area contributed by atoms with Crippen molar-refractivity contribution in [2.75, 3.05) is 19.3 Å². The summed E-state index contributed by atoms with van der Waals surface area (Å²) in [5.41, 5.74) is 0.921. The van der Waals surface area contributed by atoms with Crippen LogP contribution < -0.4 is 5.32 Å². The van der Waals surface area contributed by atoms with Gasteiger partial charge in [-0.05, 0) is 11.6 Å². The van der Waals surface area contributed by atoms with Gasteiger partial charge in [-0.15, -0.1) is 0 Å². The van der Waals surface area contributed by atoms with Crippen molar-refractivity contribution >= 4 is 15.9 Å². The number of nitrogens with one attached hydrogen (secondary N) is 1. The van der Waals surface area contributed by atoms with Gasteiger partial charge in [-0.1, -0.05) is 6.07 Å². The third-order valence-electron chi connectivity index (χ3n) is 2.88. The molecular weight excluding hydrogens is 254 g/mol. The maximum atomic E-state index is 11.7. The van der Waals surface area contributed by atoms with Crippen LogP contribution in [0, 0.1) is 5.92 Å². The predicted octanol–water partition coefficient (Wildman–Crippen LogP) is -0.411. The van der Waals surface area contributed by atoms with E-state index in [0.29, 0.717) is 6.54 Å². The lowest BCUT2D eigenvalue weighted by Gasteiger charge is -2.35. The number of carbonyl (C=O) groups excluding carboxylic acids is 1. The first kappa shape index (κ1) is 13.0. The van der Waals surface area contributed by atoms with Crippen molar-refractivity contribution < 1.29 is 13.2 Å². The van der Waals surface area contributed by atoms with Crippen LogP contribution in [0.25, 0.3) is 0 Å². The first-order valence-corrected chi connectivity index (χ1v) is 7.43. The molecule has 0 spiro atoms. The highest BCUT2D eigenvalue weighted by molar-refractivity contribution is 7.88. The monoisotopic (exact) mass is 269 g/mol. The molecule has 1 aliphatic rings. The lowest BCUT2D eigenvalue weighted by atomic mass is 10.0. The third kappa shape index (κ3) is 3.05. The van der Waals surface area contributed by atoms with E-state index in [0.717, 1.165) is 11.8 Å². The van der Waals surface area contributed by atoms with Gasteiger partial charge in [0.15, 0.2) is 0 Å². The number of rotatable bonds is 4. The number of aromatic nitrogens is 1. The van der Waals surface area contributed by atoms with E-state index in [1.54, 1.807) is 18.5 Å². The summed E-state index contributed by atoms with van der Waals surface area (Å²) in [6.45, 7) is 0.970. The SMILES string of the molecule is CS(=O)(=O)N1CC(C(=O)NCc2cccnc2)C1. The number of nitrogens with zero attached hydrogens (tertiary/aromatic N) is 2. The van der Waals surface area contributed by atoms with Crippen LogP contribution in [0.15, 0.2) is 24.5 Å². The number of hydrogen-bond donors (Lipinski definition) is 1. The molecule has 1 aromatic heterocycles. The van der Waals surface area contributed by atoms with Crippen LogP contribution in [0.1, 0.15) is 5.56 Å². The summed E-state index contributed by atoms with van der Waals surface area (Å²) in [5.74, 6) is -0.352. The van der Waals surface area contributed by atoms with E-state index in [-0.39, 0.29) is 24.9 Å². The second-order valence-electron chi connectivity index (χ2n) is 4.36. The number of sulfonamides is 1. The molecule has 0 bridgehead atoms. The highest BCUT2D eigenvalue weighted by atomic mass is 32.2. The fourth-order valence-electron chi connectivity index (χ4n) is 1.71. The van der Waals surface area contributed by atoms with Crippen LogP contribution in [0.3, 0.4) is 0 Å². The van der Waals surface area contributed by atoms with Crippen LogP contribution in [0.4, 0.5) is 0 Å². The fraction of sp³-hybridized carbons (Fsp3) is 0.455. The predicted molar refractivity (Wildman–Crippen MR) is 66.0 cm³/mol. The van der Waals surface area contributed by atoms with Crippen molar-refractivity contribution in [3.05, 3.63) is 30.1 Å². The van der Waals surface area contributed by atoms with Gasteiger partial charge >= 0.3 is 0 Å². The summed E-state index contributed by atoms with van der Waals surface area (Å²) in [7, 11) is -3.16. The molecule has 1 amide bonds. The van der Waals surface area contributed by atoms with Crippen molar-refractivity contribution in [3.63, 3.8) is 0 Å². The molecule has 0 aromatic carbocycles. The second-order valence-corrected chi connectivity index (χ2v) is 6.34. The van der Waals surface area contributed by atoms with E-state index in [9.17, 15) is 13.2 Å². The topological polar surface area (TPSA) is 79.4 Å². The Morgan fingerprint density at radius 2 is 2.28 bits per heavy atom. The molecule has 0 radical (unpaired) electrons. The minimum atomic E-state index is -3.16. The Bertz CT molecular complexity index is 524. The van der Waals surface area contributed by atoms with Crippen molar-refractivity contribution in [2.24, 2.45) is 5.92 Å². The van der Waals surface area contributed by atoms with Crippen LogP contribution in [0.2, 0.25) is 0 Å². The maximum absolute atomic E-state index is 11.7. The highest BCUT2D eigenvalue weighted by Gasteiger charge is 2.37. The van der Waals surface area contributed by atoms with Crippen LogP contribution in [-0.4, -0.2) is 43.0 Å². The van der Waals surface area contributed by atoms with Gasteiger partial charge in [0.25, 0.3) is 0 Å². The molecule has 18 heavy (non-hydrogen) atoms. The van der Waals surface area contributed by atoms with E-state index in [4.69, 9.17) is 0 Å². The van der Waals surface area contributed by atoms with E-state index in [1.165, 1.54) is 4.31 Å². The molecule has 0 atom stereocenters. The Morgan fingerprint density at radius 1 is 1.56 bits per heavy atom. The summed E-state index contributed by atoms with van der Waals surface area (Å²) < 4.78 is 23.6. The number of hydrogen-bond acceptors (Lipinski definition) is 4. The van der Waals surface area contributed by atoms with Gasteiger partial charge < -0.3 is 5.32 Å². The zero-order valence-corrected chi connectivity index (χ0v) is 10.9. The number of pyridine rings is 1. The summed E-state index contributed by atoms with van der Waals surface area (Å²) in [6.07, 6.45) is 4.50. The molecule has 98 valence electrons. The Balaban J connectivity index is 1.78. The molecule has 1 aliphatic heterocycles. The van der Waals surface area contributed by atoms with Gasteiger partial charge in [-0.2, -0.15) is 0 Å². The smallest absolute Gasteiger partial charge is 0.226 e. The Kier molecular flexibility index (Phi) is 3.63. The van der Waals surface area contributed by atoms with E-state index in [1.807, 2.05) is 6.07 Å². The second kappa shape index (κ2) is 5.03. The molecule has 1 fully saturated rings. The highest BCUT2D eigenvalue weighted by Crippen LogP contribution is 2.18. The average molecular weight is 269 g/mol. The van der Waals surface area contributed by atoms with E-state index in [2.05, 4.69) is 10.3 Å². The molecule has 0 saturated carbocycles. The van der Waals surface area contributed by atoms with Gasteiger partial charge in [0.2, 0.25) is 15.9 Å². The summed E-state index contributed by atoms with van der Waals surface area (Å²) in [4.78, 5) is 15.7. The molecular formula is C11H15N3O3S. The maximum Gasteiger partial charge on any atom is 0.226 e. The van der Waals surface area contributed by atoms with E-state index < -0.39 is 10.0 Å². The lowest BCUT2D eigenvalue weighted by Crippen LogP contribution is -2.55. The van der Waals surface area contributed by atoms with Gasteiger partial charge in [0.05, 0.1) is 12.2 Å². The normalized spacial score (nSPS) is 17.2. The van der Waals surface area contributed by atoms with Crippen LogP contribution >= 0.6 is 0 Å². The van der Waals surface area contributed by atoms with Gasteiger partial charge in [0.1, 0.15) is 0 Å². The molecule has 1 aromatic rings. The summed E-state index contributed by atoms with van der Waals surface area (Å²) >= 11 is 0. The standard InChI is InChI=1S/C11H15N3O3S/c1-18(16,17)14-7-10(8-14)11(15)13-6-9-3-2-4-12-5-9/h2-5,10H,6-8H2,1H3,(H,13,15). The van der Waals surface area contributed by atoms with Crippen molar-refractivity contribution in [1.82, 2.24) is 14.6 Å². The van der Waals surface area contributed by atoms with Gasteiger partial charge in [-0.25, -0.2) is 12.7 Å². The van der Waals surface area contributed by atoms with Crippen molar-refractivity contribution in [2.45, 2.75) is 6.54 Å². The first-order valence-electron chi connectivity index (χ1n) is 5.58. The van der Waals surface area contributed by atoms with Crippen molar-refractivity contribution in [1.29, 1.82) is 0 Å². The third-order valence-corrected chi connectivity index (χ3v) is 4.11. The van der Waals surface area contributed by atoms with Crippen LogP contribution in [0.5, 0.6) is 0 Å². The Hall–Kier alpha value is -1.47. The minimum absolute atomic E-state index is 0.112. The molecule has 2 heterocycles. The summed E-state index contributed by atoms with van der Waals surface area (Å²) in [5, 5.41) is 2.77. The number of amides is 1. The van der Waals surface area contributed by atoms with Crippen molar-refractivity contribution in [3.8, 4) is 0 Å². The zero-order chi connectivity index (χ0) is 13.2. The minimum Gasteiger partial charge on any atom is -0.352 e. The zero-order valence-electron chi connectivity index (χ0n) is 10.0. The summed E-state index contributed by atoms with van der Waals surface area (Å²) in [6, 6.07) is 3.67. The lowest BCUT2D eigenvalue weighted by molar-refractivity contribution is -0.128. The Labute approximate surface area is 106 Å². The van der Waals surface area contributed by atoms with Crippen LogP contribution in [-0.2, 0) is 21.4 Å². The van der Waals surface area contributed by atoms with Gasteiger partial charge in [0, 0.05) is 32.0 Å². The largest absolute Gasteiger partial charge is 0.352 e. The Morgan fingerprint density at radius 3 is 2.83 bits per heavy atom.